The lowest BCUT2D eigenvalue weighted by atomic mass is 10.1. The summed E-state index contributed by atoms with van der Waals surface area (Å²) in [6.07, 6.45) is 0. The highest BCUT2D eigenvalue weighted by Gasteiger charge is 2.17. The van der Waals surface area contributed by atoms with Crippen LogP contribution in [0.3, 0.4) is 0 Å². The van der Waals surface area contributed by atoms with E-state index in [9.17, 15) is 9.18 Å². The van der Waals surface area contributed by atoms with Crippen molar-refractivity contribution in [1.29, 1.82) is 0 Å². The molecule has 0 unspecified atom stereocenters. The van der Waals surface area contributed by atoms with E-state index < -0.39 is 6.67 Å². The number of hydrogen-bond donors (Lipinski definition) is 1. The van der Waals surface area contributed by atoms with Crippen molar-refractivity contribution in [2.75, 3.05) is 5.32 Å². The van der Waals surface area contributed by atoms with Gasteiger partial charge in [0.05, 0.1) is 17.1 Å². The van der Waals surface area contributed by atoms with Crippen LogP contribution in [0.4, 0.5) is 10.2 Å². The minimum absolute atomic E-state index is 0.280. The van der Waals surface area contributed by atoms with E-state index in [1.54, 1.807) is 23.6 Å². The van der Waals surface area contributed by atoms with Crippen molar-refractivity contribution in [2.24, 2.45) is 0 Å². The third-order valence-electron chi connectivity index (χ3n) is 4.22. The lowest BCUT2D eigenvalue weighted by molar-refractivity contribution is 0.103. The van der Waals surface area contributed by atoms with Gasteiger partial charge in [-0.3, -0.25) is 9.48 Å². The molecule has 1 amide bonds. The Hall–Kier alpha value is -2.70. The second-order valence-electron chi connectivity index (χ2n) is 6.03. The molecule has 0 spiro atoms. The van der Waals surface area contributed by atoms with Crippen LogP contribution in [0.5, 0.6) is 0 Å². The Morgan fingerprint density at radius 3 is 2.56 bits per heavy atom. The number of halogens is 2. The summed E-state index contributed by atoms with van der Waals surface area (Å²) < 4.78 is 14.5. The maximum atomic E-state index is 12.7. The lowest BCUT2D eigenvalue weighted by Gasteiger charge is -2.04. The third-order valence-corrected chi connectivity index (χ3v) is 5.56. The van der Waals surface area contributed by atoms with Crippen molar-refractivity contribution >= 4 is 45.6 Å². The Morgan fingerprint density at radius 2 is 1.85 bits per heavy atom. The van der Waals surface area contributed by atoms with Crippen LogP contribution in [0, 0.1) is 0 Å². The van der Waals surface area contributed by atoms with Crippen LogP contribution >= 0.6 is 22.9 Å². The minimum atomic E-state index is -0.480. The summed E-state index contributed by atoms with van der Waals surface area (Å²) in [5, 5.41) is 10.5. The van der Waals surface area contributed by atoms with Gasteiger partial charge in [-0.1, -0.05) is 48.0 Å². The van der Waals surface area contributed by atoms with Gasteiger partial charge >= 0.3 is 0 Å². The van der Waals surface area contributed by atoms with Gasteiger partial charge in [0.15, 0.2) is 5.82 Å². The SMILES string of the molecule is O=C(Nc1nn(Cc2ccc(CF)cc2)c2ccccc12)c1sccc1Cl. The van der Waals surface area contributed by atoms with E-state index in [1.165, 1.54) is 11.3 Å². The first-order valence-corrected chi connectivity index (χ1v) is 9.55. The van der Waals surface area contributed by atoms with Gasteiger partial charge in [0.1, 0.15) is 11.6 Å². The highest BCUT2D eigenvalue weighted by molar-refractivity contribution is 7.12. The Labute approximate surface area is 164 Å². The van der Waals surface area contributed by atoms with Crippen LogP contribution in [-0.4, -0.2) is 15.7 Å². The first kappa shape index (κ1) is 17.7. The molecule has 4 nitrogen and oxygen atoms in total. The van der Waals surface area contributed by atoms with E-state index >= 15 is 0 Å². The van der Waals surface area contributed by atoms with Crippen LogP contribution in [-0.2, 0) is 13.2 Å². The van der Waals surface area contributed by atoms with E-state index in [-0.39, 0.29) is 5.91 Å². The van der Waals surface area contributed by atoms with Gasteiger partial charge in [-0.15, -0.1) is 11.3 Å². The zero-order valence-corrected chi connectivity index (χ0v) is 15.7. The van der Waals surface area contributed by atoms with Crippen LogP contribution in [0.25, 0.3) is 10.9 Å². The number of aromatic nitrogens is 2. The maximum Gasteiger partial charge on any atom is 0.268 e. The summed E-state index contributed by atoms with van der Waals surface area (Å²) in [7, 11) is 0. The molecule has 0 aliphatic rings. The molecule has 0 aliphatic heterocycles. The summed E-state index contributed by atoms with van der Waals surface area (Å²) in [5.41, 5.74) is 2.55. The number of nitrogens with zero attached hydrogens (tertiary/aromatic N) is 2. The molecule has 4 aromatic rings. The Balaban J connectivity index is 1.66. The maximum absolute atomic E-state index is 12.7. The molecule has 7 heteroatoms. The average molecular weight is 400 g/mol. The summed E-state index contributed by atoms with van der Waals surface area (Å²) >= 11 is 7.34. The number of benzene rings is 2. The Morgan fingerprint density at radius 1 is 1.11 bits per heavy atom. The third kappa shape index (κ3) is 3.59. The fraction of sp³-hybridized carbons (Fsp3) is 0.100. The molecule has 1 N–H and O–H groups in total. The highest BCUT2D eigenvalue weighted by atomic mass is 35.5. The van der Waals surface area contributed by atoms with Gasteiger partial charge in [-0.25, -0.2) is 4.39 Å². The molecule has 0 radical (unpaired) electrons. The van der Waals surface area contributed by atoms with E-state index in [1.807, 2.05) is 41.1 Å². The average Bonchev–Trinajstić information content (AvgIpc) is 3.27. The van der Waals surface area contributed by atoms with Crippen molar-refractivity contribution in [1.82, 2.24) is 9.78 Å². The number of para-hydroxylation sites is 1. The van der Waals surface area contributed by atoms with E-state index in [0.29, 0.717) is 27.8 Å². The number of hydrogen-bond acceptors (Lipinski definition) is 3. The van der Waals surface area contributed by atoms with Crippen molar-refractivity contribution in [3.63, 3.8) is 0 Å². The minimum Gasteiger partial charge on any atom is -0.304 e. The predicted octanol–water partition coefficient (Wildman–Crippen LogP) is 5.52. The number of carbonyl (C=O) groups excluding carboxylic acids is 1. The summed E-state index contributed by atoms with van der Waals surface area (Å²) in [6.45, 7) is 0.0369. The molecule has 2 heterocycles. The number of amides is 1. The van der Waals surface area contributed by atoms with Crippen LogP contribution < -0.4 is 5.32 Å². The van der Waals surface area contributed by atoms with E-state index in [0.717, 1.165) is 16.5 Å². The molecule has 0 atom stereocenters. The molecule has 27 heavy (non-hydrogen) atoms. The number of anilines is 1. The standard InChI is InChI=1S/C20H15ClFN3OS/c21-16-9-10-27-18(16)20(26)23-19-15-3-1-2-4-17(15)25(24-19)12-14-7-5-13(11-22)6-8-14/h1-10H,11-12H2,(H,23,24,26). The van der Waals surface area contributed by atoms with Crippen molar-refractivity contribution in [3.05, 3.63) is 81.0 Å². The summed E-state index contributed by atoms with van der Waals surface area (Å²) in [6, 6.07) is 16.7. The van der Waals surface area contributed by atoms with Gasteiger partial charge < -0.3 is 5.32 Å². The molecule has 2 aromatic heterocycles. The molecule has 2 aromatic carbocycles. The molecule has 4 rings (SSSR count). The molecule has 0 fully saturated rings. The number of nitrogens with one attached hydrogen (secondary N) is 1. The molecule has 0 bridgehead atoms. The van der Waals surface area contributed by atoms with Crippen molar-refractivity contribution < 1.29 is 9.18 Å². The molecule has 0 saturated carbocycles. The van der Waals surface area contributed by atoms with E-state index in [4.69, 9.17) is 11.6 Å². The summed E-state index contributed by atoms with van der Waals surface area (Å²) in [4.78, 5) is 13.0. The van der Waals surface area contributed by atoms with Gasteiger partial charge in [0.2, 0.25) is 0 Å². The number of rotatable bonds is 5. The van der Waals surface area contributed by atoms with Gasteiger partial charge in [0.25, 0.3) is 5.91 Å². The van der Waals surface area contributed by atoms with Crippen molar-refractivity contribution in [2.45, 2.75) is 13.2 Å². The van der Waals surface area contributed by atoms with Crippen molar-refractivity contribution in [3.8, 4) is 0 Å². The molecule has 136 valence electrons. The van der Waals surface area contributed by atoms with Gasteiger partial charge in [0, 0.05) is 5.39 Å². The highest BCUT2D eigenvalue weighted by Crippen LogP contribution is 2.27. The number of alkyl halides is 1. The largest absolute Gasteiger partial charge is 0.304 e. The Kier molecular flexibility index (Phi) is 4.92. The molecular weight excluding hydrogens is 385 g/mol. The number of carbonyl (C=O) groups is 1. The zero-order chi connectivity index (χ0) is 18.8. The smallest absolute Gasteiger partial charge is 0.268 e. The predicted molar refractivity (Wildman–Crippen MR) is 107 cm³/mol. The van der Waals surface area contributed by atoms with Gasteiger partial charge in [-0.05, 0) is 34.7 Å². The van der Waals surface area contributed by atoms with Crippen LogP contribution in [0.15, 0.2) is 60.0 Å². The first-order valence-electron chi connectivity index (χ1n) is 8.29. The second-order valence-corrected chi connectivity index (χ2v) is 7.35. The van der Waals surface area contributed by atoms with Gasteiger partial charge in [-0.2, -0.15) is 5.10 Å². The quantitative estimate of drug-likeness (QED) is 0.480. The molecule has 0 saturated heterocycles. The zero-order valence-electron chi connectivity index (χ0n) is 14.2. The topological polar surface area (TPSA) is 46.9 Å². The Bertz CT molecular complexity index is 1100. The van der Waals surface area contributed by atoms with Crippen LogP contribution in [0.1, 0.15) is 20.8 Å². The second kappa shape index (κ2) is 7.50. The molecular formula is C20H15ClFN3OS. The summed E-state index contributed by atoms with van der Waals surface area (Å²) in [5.74, 6) is 0.207. The fourth-order valence-corrected chi connectivity index (χ4v) is 3.90. The van der Waals surface area contributed by atoms with E-state index in [2.05, 4.69) is 10.4 Å². The van der Waals surface area contributed by atoms with Crippen LogP contribution in [0.2, 0.25) is 5.02 Å². The normalized spacial score (nSPS) is 11.0. The number of thiophene rings is 1. The lowest BCUT2D eigenvalue weighted by Crippen LogP contribution is -2.12. The molecule has 0 aliphatic carbocycles. The first-order chi connectivity index (χ1) is 13.2. The number of fused-ring (bicyclic) bond motifs is 1. The fourth-order valence-electron chi connectivity index (χ4n) is 2.87. The monoisotopic (exact) mass is 399 g/mol.